The number of anilines is 3. The average molecular weight is 448 g/mol. The van der Waals surface area contributed by atoms with Crippen molar-refractivity contribution in [2.45, 2.75) is 40.0 Å². The molecule has 0 saturated carbocycles. The van der Waals surface area contributed by atoms with Crippen LogP contribution in [-0.4, -0.2) is 5.78 Å². The van der Waals surface area contributed by atoms with E-state index in [9.17, 15) is 4.79 Å². The van der Waals surface area contributed by atoms with Crippen LogP contribution in [0.5, 0.6) is 11.5 Å². The van der Waals surface area contributed by atoms with Gasteiger partial charge in [-0.2, -0.15) is 0 Å². The number of Topliss-reactive ketones (excluding diaryl/α,β-unsaturated/α-hetero) is 1. The maximum absolute atomic E-state index is 12.5. The summed E-state index contributed by atoms with van der Waals surface area (Å²) in [7, 11) is 0. The normalized spacial score (nSPS) is 12.0. The molecular formula is C31H29NO2. The second-order valence-electron chi connectivity index (χ2n) is 8.93. The molecular weight excluding hydrogens is 418 g/mol. The lowest BCUT2D eigenvalue weighted by atomic mass is 9.93. The van der Waals surface area contributed by atoms with Crippen molar-refractivity contribution in [3.8, 4) is 22.6 Å². The van der Waals surface area contributed by atoms with Crippen LogP contribution in [0.1, 0.15) is 47.7 Å². The predicted molar refractivity (Wildman–Crippen MR) is 140 cm³/mol. The molecule has 0 bridgehead atoms. The maximum atomic E-state index is 12.5. The number of unbranched alkanes of at least 4 members (excludes halogenated alkanes) is 1. The van der Waals surface area contributed by atoms with E-state index in [0.29, 0.717) is 6.42 Å². The molecule has 0 aromatic heterocycles. The molecule has 0 amide bonds. The van der Waals surface area contributed by atoms with E-state index in [1.54, 1.807) is 0 Å². The number of carbonyl (C=O) groups is 1. The van der Waals surface area contributed by atoms with Crippen LogP contribution in [0.25, 0.3) is 11.1 Å². The Morgan fingerprint density at radius 3 is 1.94 bits per heavy atom. The van der Waals surface area contributed by atoms with E-state index in [0.717, 1.165) is 52.5 Å². The summed E-state index contributed by atoms with van der Waals surface area (Å²) in [6, 6.07) is 29.0. The van der Waals surface area contributed by atoms with Gasteiger partial charge in [-0.15, -0.1) is 0 Å². The zero-order valence-corrected chi connectivity index (χ0v) is 20.0. The molecule has 1 aliphatic rings. The standard InChI is InChI=1S/C31H29NO2/c1-4-5-12-29(33)23-15-17-25(21(2)19-23)26-18-16-24(20-22(26)3)32-27-10-6-8-13-30(27)34-31-14-9-7-11-28(31)32/h6-11,13-20H,4-5,12H2,1-3H3. The molecule has 4 aromatic carbocycles. The van der Waals surface area contributed by atoms with Crippen LogP contribution in [0.4, 0.5) is 17.1 Å². The van der Waals surface area contributed by atoms with Gasteiger partial charge in [-0.05, 0) is 85.0 Å². The number of para-hydroxylation sites is 4. The third kappa shape index (κ3) is 3.99. The number of carbonyl (C=O) groups excluding carboxylic acids is 1. The van der Waals surface area contributed by atoms with Gasteiger partial charge in [0.15, 0.2) is 17.3 Å². The Hall–Kier alpha value is -3.85. The van der Waals surface area contributed by atoms with Crippen molar-refractivity contribution >= 4 is 22.8 Å². The summed E-state index contributed by atoms with van der Waals surface area (Å²) >= 11 is 0. The molecule has 0 saturated heterocycles. The SMILES string of the molecule is CCCCC(=O)c1ccc(-c2ccc(N3c4ccccc4Oc4ccccc43)cc2C)c(C)c1. The lowest BCUT2D eigenvalue weighted by Crippen LogP contribution is -2.15. The Morgan fingerprint density at radius 1 is 0.765 bits per heavy atom. The van der Waals surface area contributed by atoms with Gasteiger partial charge in [-0.3, -0.25) is 4.79 Å². The number of benzene rings is 4. The van der Waals surface area contributed by atoms with Gasteiger partial charge in [0.05, 0.1) is 11.4 Å². The van der Waals surface area contributed by atoms with Gasteiger partial charge in [0.2, 0.25) is 0 Å². The Bertz CT molecular complexity index is 1330. The predicted octanol–water partition coefficient (Wildman–Crippen LogP) is 8.92. The van der Waals surface area contributed by atoms with E-state index in [1.807, 2.05) is 48.5 Å². The molecule has 170 valence electrons. The summed E-state index contributed by atoms with van der Waals surface area (Å²) in [6.45, 7) is 6.35. The van der Waals surface area contributed by atoms with Gasteiger partial charge in [0, 0.05) is 17.7 Å². The van der Waals surface area contributed by atoms with Crippen LogP contribution in [-0.2, 0) is 0 Å². The molecule has 4 aromatic rings. The van der Waals surface area contributed by atoms with Crippen LogP contribution < -0.4 is 9.64 Å². The van der Waals surface area contributed by atoms with Crippen molar-refractivity contribution in [3.63, 3.8) is 0 Å². The molecule has 0 N–H and O–H groups in total. The fourth-order valence-electron chi connectivity index (χ4n) is 4.69. The first-order valence-corrected chi connectivity index (χ1v) is 12.0. The molecule has 34 heavy (non-hydrogen) atoms. The zero-order chi connectivity index (χ0) is 23.7. The van der Waals surface area contributed by atoms with Gasteiger partial charge in [0.1, 0.15) is 0 Å². The summed E-state index contributed by atoms with van der Waals surface area (Å²) in [5.74, 6) is 1.93. The Labute approximate surface area is 201 Å². The summed E-state index contributed by atoms with van der Waals surface area (Å²) in [6.07, 6.45) is 2.59. The van der Waals surface area contributed by atoms with Crippen LogP contribution >= 0.6 is 0 Å². The number of rotatable bonds is 6. The lowest BCUT2D eigenvalue weighted by molar-refractivity contribution is 0.0979. The van der Waals surface area contributed by atoms with Gasteiger partial charge in [-0.25, -0.2) is 0 Å². The van der Waals surface area contributed by atoms with Gasteiger partial charge in [-0.1, -0.05) is 55.8 Å². The fraction of sp³-hybridized carbons (Fsp3) is 0.194. The van der Waals surface area contributed by atoms with Crippen LogP contribution in [0, 0.1) is 13.8 Å². The summed E-state index contributed by atoms with van der Waals surface area (Å²) in [4.78, 5) is 14.7. The summed E-state index contributed by atoms with van der Waals surface area (Å²) in [5.41, 5.74) is 8.62. The number of aryl methyl sites for hydroxylation is 2. The van der Waals surface area contributed by atoms with Crippen molar-refractivity contribution in [1.82, 2.24) is 0 Å². The number of fused-ring (bicyclic) bond motifs is 2. The third-order valence-corrected chi connectivity index (χ3v) is 6.50. The molecule has 0 unspecified atom stereocenters. The van der Waals surface area contributed by atoms with Crippen LogP contribution in [0.15, 0.2) is 84.9 Å². The second kappa shape index (κ2) is 9.18. The van der Waals surface area contributed by atoms with Crippen molar-refractivity contribution in [2.24, 2.45) is 0 Å². The second-order valence-corrected chi connectivity index (χ2v) is 8.93. The maximum Gasteiger partial charge on any atom is 0.162 e. The molecule has 0 aliphatic carbocycles. The highest BCUT2D eigenvalue weighted by molar-refractivity contribution is 5.97. The lowest BCUT2D eigenvalue weighted by Gasteiger charge is -2.33. The molecule has 5 rings (SSSR count). The Kier molecular flexibility index (Phi) is 5.93. The fourth-order valence-corrected chi connectivity index (χ4v) is 4.69. The molecule has 0 spiro atoms. The Balaban J connectivity index is 1.52. The molecule has 3 nitrogen and oxygen atoms in total. The Morgan fingerprint density at radius 2 is 1.35 bits per heavy atom. The van der Waals surface area contributed by atoms with Crippen LogP contribution in [0.3, 0.4) is 0 Å². The first-order chi connectivity index (χ1) is 16.6. The topological polar surface area (TPSA) is 29.5 Å². The van der Waals surface area contributed by atoms with Crippen molar-refractivity contribution in [3.05, 3.63) is 102 Å². The number of ketones is 1. The number of hydrogen-bond donors (Lipinski definition) is 0. The number of nitrogens with zero attached hydrogens (tertiary/aromatic N) is 1. The summed E-state index contributed by atoms with van der Waals surface area (Å²) in [5, 5.41) is 0. The highest BCUT2D eigenvalue weighted by atomic mass is 16.5. The minimum absolute atomic E-state index is 0.230. The first kappa shape index (κ1) is 22.0. The number of ether oxygens (including phenoxy) is 1. The van der Waals surface area contributed by atoms with Gasteiger partial charge < -0.3 is 9.64 Å². The quantitative estimate of drug-likeness (QED) is 0.243. The van der Waals surface area contributed by atoms with E-state index in [-0.39, 0.29) is 5.78 Å². The smallest absolute Gasteiger partial charge is 0.162 e. The van der Waals surface area contributed by atoms with Crippen LogP contribution in [0.2, 0.25) is 0 Å². The van der Waals surface area contributed by atoms with E-state index in [2.05, 4.69) is 62.1 Å². The molecule has 0 radical (unpaired) electrons. The molecule has 0 atom stereocenters. The number of hydrogen-bond acceptors (Lipinski definition) is 3. The largest absolute Gasteiger partial charge is 0.453 e. The van der Waals surface area contributed by atoms with Gasteiger partial charge >= 0.3 is 0 Å². The highest BCUT2D eigenvalue weighted by Crippen LogP contribution is 2.50. The van der Waals surface area contributed by atoms with E-state index < -0.39 is 0 Å². The minimum atomic E-state index is 0.230. The molecule has 3 heteroatoms. The van der Waals surface area contributed by atoms with Gasteiger partial charge in [0.25, 0.3) is 0 Å². The summed E-state index contributed by atoms with van der Waals surface area (Å²) < 4.78 is 6.15. The van der Waals surface area contributed by atoms with Crippen molar-refractivity contribution in [1.29, 1.82) is 0 Å². The minimum Gasteiger partial charge on any atom is -0.453 e. The third-order valence-electron chi connectivity index (χ3n) is 6.50. The monoisotopic (exact) mass is 447 g/mol. The van der Waals surface area contributed by atoms with Crippen molar-refractivity contribution < 1.29 is 9.53 Å². The molecule has 1 heterocycles. The van der Waals surface area contributed by atoms with E-state index in [4.69, 9.17) is 4.74 Å². The molecule has 0 fully saturated rings. The average Bonchev–Trinajstić information content (AvgIpc) is 2.86. The van der Waals surface area contributed by atoms with E-state index >= 15 is 0 Å². The van der Waals surface area contributed by atoms with Crippen molar-refractivity contribution in [2.75, 3.05) is 4.90 Å². The zero-order valence-electron chi connectivity index (χ0n) is 20.0. The molecule has 1 aliphatic heterocycles. The van der Waals surface area contributed by atoms with E-state index in [1.165, 1.54) is 16.7 Å². The highest BCUT2D eigenvalue weighted by Gasteiger charge is 2.25. The first-order valence-electron chi connectivity index (χ1n) is 12.0.